The SMILES string of the molecule is CC[C@H](C)[C@H](NC(=O)[C@H]1CCCCN1C)C(=O)N(C)[C@H]1CCO[C@@H](c2nc(C(=O)N[C@@H](Cc3ccccc3)C[C@H](C)C(=O)O)cs2)C1. The maximum absolute atomic E-state index is 13.9. The molecular weight excluding hydrogens is 618 g/mol. The third-order valence-corrected chi connectivity index (χ3v) is 10.7. The van der Waals surface area contributed by atoms with E-state index in [1.807, 2.05) is 51.2 Å². The zero-order valence-corrected chi connectivity index (χ0v) is 29.1. The van der Waals surface area contributed by atoms with Crippen molar-refractivity contribution in [1.82, 2.24) is 25.4 Å². The summed E-state index contributed by atoms with van der Waals surface area (Å²) in [6.07, 6.45) is 5.23. The fourth-order valence-electron chi connectivity index (χ4n) is 6.46. The van der Waals surface area contributed by atoms with Crippen molar-refractivity contribution in [2.24, 2.45) is 11.8 Å². The normalized spacial score (nSPS) is 22.8. The molecule has 0 radical (unpaired) electrons. The largest absolute Gasteiger partial charge is 0.481 e. The number of benzene rings is 1. The van der Waals surface area contributed by atoms with Gasteiger partial charge in [0, 0.05) is 37.5 Å². The van der Waals surface area contributed by atoms with Gasteiger partial charge in [0.2, 0.25) is 11.8 Å². The number of carboxylic acids is 1. The molecule has 3 N–H and O–H groups in total. The second-order valence-electron chi connectivity index (χ2n) is 13.3. The molecule has 11 nitrogen and oxygen atoms in total. The van der Waals surface area contributed by atoms with Gasteiger partial charge in [0.25, 0.3) is 5.91 Å². The van der Waals surface area contributed by atoms with Gasteiger partial charge in [-0.3, -0.25) is 24.1 Å². The molecule has 12 heteroatoms. The van der Waals surface area contributed by atoms with Crippen LogP contribution in [0.25, 0.3) is 0 Å². The van der Waals surface area contributed by atoms with E-state index >= 15 is 0 Å². The summed E-state index contributed by atoms with van der Waals surface area (Å²) in [6.45, 7) is 6.99. The van der Waals surface area contributed by atoms with E-state index in [0.717, 1.165) is 37.8 Å². The van der Waals surface area contributed by atoms with Gasteiger partial charge in [-0.05, 0) is 57.2 Å². The Morgan fingerprint density at radius 2 is 1.87 bits per heavy atom. The lowest BCUT2D eigenvalue weighted by molar-refractivity contribution is -0.142. The van der Waals surface area contributed by atoms with Crippen molar-refractivity contribution in [2.45, 2.75) is 102 Å². The minimum Gasteiger partial charge on any atom is -0.481 e. The molecule has 7 atom stereocenters. The molecule has 2 aromatic rings. The molecule has 0 unspecified atom stereocenters. The highest BCUT2D eigenvalue weighted by molar-refractivity contribution is 7.09. The summed E-state index contributed by atoms with van der Waals surface area (Å²) in [5, 5.41) is 17.9. The predicted octanol–water partition coefficient (Wildman–Crippen LogP) is 4.29. The van der Waals surface area contributed by atoms with E-state index in [2.05, 4.69) is 20.5 Å². The van der Waals surface area contributed by atoms with E-state index < -0.39 is 17.9 Å². The average molecular weight is 670 g/mol. The van der Waals surface area contributed by atoms with Crippen molar-refractivity contribution < 1.29 is 29.0 Å². The van der Waals surface area contributed by atoms with E-state index in [-0.39, 0.29) is 60.0 Å². The number of likely N-dealkylation sites (N-methyl/N-ethyl adjacent to an activating group) is 2. The summed E-state index contributed by atoms with van der Waals surface area (Å²) in [4.78, 5) is 60.5. The van der Waals surface area contributed by atoms with Crippen molar-refractivity contribution in [3.63, 3.8) is 0 Å². The van der Waals surface area contributed by atoms with E-state index in [9.17, 15) is 24.3 Å². The molecule has 0 bridgehead atoms. The number of amides is 3. The summed E-state index contributed by atoms with van der Waals surface area (Å²) in [5.74, 6) is -2.10. The van der Waals surface area contributed by atoms with Gasteiger partial charge in [0.05, 0.1) is 12.0 Å². The molecule has 1 aromatic heterocycles. The fraction of sp³-hybridized carbons (Fsp3) is 0.629. The maximum atomic E-state index is 13.9. The summed E-state index contributed by atoms with van der Waals surface area (Å²) in [7, 11) is 3.77. The number of piperidine rings is 1. The summed E-state index contributed by atoms with van der Waals surface area (Å²) >= 11 is 1.34. The van der Waals surface area contributed by atoms with E-state index in [1.54, 1.807) is 24.3 Å². The first kappa shape index (κ1) is 36.5. The summed E-state index contributed by atoms with van der Waals surface area (Å²) in [6, 6.07) is 8.34. The van der Waals surface area contributed by atoms with Gasteiger partial charge in [-0.15, -0.1) is 11.3 Å². The number of ether oxygens (including phenoxy) is 1. The van der Waals surface area contributed by atoms with Crippen LogP contribution in [0.1, 0.15) is 92.9 Å². The monoisotopic (exact) mass is 669 g/mol. The number of aliphatic carboxylic acids is 1. The standard InChI is InChI=1S/C35H51N5O6S/c1-6-22(2)30(38-32(42)28-14-10-11-16-39(28)4)34(43)40(5)26-15-17-46-29(20-26)33-37-27(21-47-33)31(41)36-25(18-23(3)35(44)45)19-24-12-8-7-9-13-24/h7-9,12-13,21-23,25-26,28-30H,6,10-11,14-20H2,1-5H3,(H,36,41)(H,38,42)(H,44,45)/t22-,23-,25+,26-,28+,29+,30-/m0/s1. The van der Waals surface area contributed by atoms with Gasteiger partial charge in [-0.25, -0.2) is 4.98 Å². The Hall–Kier alpha value is -3.35. The summed E-state index contributed by atoms with van der Waals surface area (Å²) in [5.41, 5.74) is 1.26. The first-order chi connectivity index (χ1) is 22.5. The lowest BCUT2D eigenvalue weighted by atomic mass is 9.94. The fourth-order valence-corrected chi connectivity index (χ4v) is 7.32. The van der Waals surface area contributed by atoms with Crippen LogP contribution in [-0.2, 0) is 25.5 Å². The molecule has 4 rings (SSSR count). The Morgan fingerprint density at radius 3 is 2.55 bits per heavy atom. The molecule has 3 amide bonds. The van der Waals surface area contributed by atoms with Crippen LogP contribution in [0.15, 0.2) is 35.7 Å². The second kappa shape index (κ2) is 17.2. The van der Waals surface area contributed by atoms with Crippen LogP contribution in [0, 0.1) is 11.8 Å². The van der Waals surface area contributed by atoms with Crippen LogP contribution >= 0.6 is 11.3 Å². The van der Waals surface area contributed by atoms with Crippen LogP contribution in [0.3, 0.4) is 0 Å². The van der Waals surface area contributed by atoms with Crippen LogP contribution in [0.4, 0.5) is 0 Å². The predicted molar refractivity (Wildman–Crippen MR) is 181 cm³/mol. The number of nitrogens with zero attached hydrogens (tertiary/aromatic N) is 3. The van der Waals surface area contributed by atoms with Crippen LogP contribution in [-0.4, -0.2) is 95.0 Å². The maximum Gasteiger partial charge on any atom is 0.306 e. The average Bonchev–Trinajstić information content (AvgIpc) is 3.57. The van der Waals surface area contributed by atoms with Crippen LogP contribution in [0.2, 0.25) is 0 Å². The molecule has 0 aliphatic carbocycles. The van der Waals surface area contributed by atoms with E-state index in [0.29, 0.717) is 30.9 Å². The highest BCUT2D eigenvalue weighted by Crippen LogP contribution is 2.33. The summed E-state index contributed by atoms with van der Waals surface area (Å²) < 4.78 is 6.08. The first-order valence-corrected chi connectivity index (χ1v) is 17.8. The molecule has 2 fully saturated rings. The number of thiazole rings is 1. The molecule has 3 heterocycles. The van der Waals surface area contributed by atoms with Gasteiger partial charge >= 0.3 is 5.97 Å². The van der Waals surface area contributed by atoms with Crippen molar-refractivity contribution in [3.05, 3.63) is 52.0 Å². The van der Waals surface area contributed by atoms with Crippen molar-refractivity contribution in [1.29, 1.82) is 0 Å². The number of likely N-dealkylation sites (tertiary alicyclic amines) is 1. The Kier molecular flexibility index (Phi) is 13.3. The van der Waals surface area contributed by atoms with Crippen LogP contribution in [0.5, 0.6) is 0 Å². The highest BCUT2D eigenvalue weighted by atomic mass is 32.1. The Labute approximate surface area is 282 Å². The molecule has 47 heavy (non-hydrogen) atoms. The molecule has 2 aliphatic heterocycles. The number of carboxylic acid groups (broad SMARTS) is 1. The Bertz CT molecular complexity index is 1350. The third-order valence-electron chi connectivity index (χ3n) is 9.75. The number of carbonyl (C=O) groups is 4. The zero-order valence-electron chi connectivity index (χ0n) is 28.3. The molecule has 258 valence electrons. The first-order valence-electron chi connectivity index (χ1n) is 16.9. The Balaban J connectivity index is 1.40. The van der Waals surface area contributed by atoms with Gasteiger partial charge in [-0.1, -0.05) is 63.9 Å². The van der Waals surface area contributed by atoms with Gasteiger partial charge in [0.15, 0.2) is 0 Å². The number of carbonyl (C=O) groups excluding carboxylic acids is 3. The molecule has 0 saturated carbocycles. The lowest BCUT2D eigenvalue weighted by Crippen LogP contribution is -2.57. The van der Waals surface area contributed by atoms with E-state index in [4.69, 9.17) is 4.74 Å². The Morgan fingerprint density at radius 1 is 1.13 bits per heavy atom. The number of nitrogens with one attached hydrogen (secondary N) is 2. The number of rotatable bonds is 14. The molecule has 0 spiro atoms. The van der Waals surface area contributed by atoms with Gasteiger partial charge in [0.1, 0.15) is 22.8 Å². The minimum atomic E-state index is -0.907. The smallest absolute Gasteiger partial charge is 0.306 e. The van der Waals surface area contributed by atoms with Crippen molar-refractivity contribution in [3.8, 4) is 0 Å². The van der Waals surface area contributed by atoms with Crippen molar-refractivity contribution >= 4 is 35.0 Å². The molecular formula is C35H51N5O6S. The third kappa shape index (κ3) is 9.84. The van der Waals surface area contributed by atoms with Gasteiger partial charge < -0.3 is 25.4 Å². The van der Waals surface area contributed by atoms with Crippen LogP contribution < -0.4 is 10.6 Å². The molecule has 2 saturated heterocycles. The minimum absolute atomic E-state index is 0.0253. The lowest BCUT2D eigenvalue weighted by Gasteiger charge is -2.38. The van der Waals surface area contributed by atoms with Gasteiger partial charge in [-0.2, -0.15) is 0 Å². The topological polar surface area (TPSA) is 141 Å². The molecule has 1 aromatic carbocycles. The van der Waals surface area contributed by atoms with Crippen molar-refractivity contribution in [2.75, 3.05) is 27.2 Å². The zero-order chi connectivity index (χ0) is 34.1. The number of hydrogen-bond acceptors (Lipinski definition) is 8. The highest BCUT2D eigenvalue weighted by Gasteiger charge is 2.37. The number of hydrogen-bond donors (Lipinski definition) is 3. The number of aromatic nitrogens is 1. The quantitative estimate of drug-likeness (QED) is 0.271. The second-order valence-corrected chi connectivity index (χ2v) is 14.1. The van der Waals surface area contributed by atoms with E-state index in [1.165, 1.54) is 11.3 Å². The molecule has 2 aliphatic rings.